The van der Waals surface area contributed by atoms with Crippen LogP contribution in [0, 0.1) is 0 Å². The van der Waals surface area contributed by atoms with E-state index in [4.69, 9.17) is 15.2 Å². The number of benzene rings is 1. The Bertz CT molecular complexity index is 425. The fourth-order valence-electron chi connectivity index (χ4n) is 1.87. The van der Waals surface area contributed by atoms with E-state index in [-0.39, 0.29) is 12.5 Å². The smallest absolute Gasteiger partial charge is 0.246 e. The maximum Gasteiger partial charge on any atom is 0.246 e. The first kappa shape index (κ1) is 13.8. The van der Waals surface area contributed by atoms with Gasteiger partial charge in [0.15, 0.2) is 0 Å². The Morgan fingerprint density at radius 2 is 2.21 bits per heavy atom. The van der Waals surface area contributed by atoms with Crippen LogP contribution in [0.2, 0.25) is 0 Å². The first-order valence-corrected chi connectivity index (χ1v) is 6.55. The fourth-order valence-corrected chi connectivity index (χ4v) is 1.87. The van der Waals surface area contributed by atoms with Crippen molar-refractivity contribution in [2.24, 2.45) is 5.73 Å². The van der Waals surface area contributed by atoms with Crippen LogP contribution in [0.4, 0.5) is 5.69 Å². The molecule has 1 saturated heterocycles. The van der Waals surface area contributed by atoms with Gasteiger partial charge in [0.05, 0.1) is 13.2 Å². The molecule has 0 saturated carbocycles. The van der Waals surface area contributed by atoms with E-state index in [9.17, 15) is 4.79 Å². The number of nitrogens with two attached hydrogens (primary N) is 1. The van der Waals surface area contributed by atoms with Gasteiger partial charge in [-0.3, -0.25) is 4.79 Å². The van der Waals surface area contributed by atoms with Crippen LogP contribution >= 0.6 is 0 Å². The number of hydrogen-bond acceptors (Lipinski definition) is 4. The molecular formula is C14H20N2O3. The van der Waals surface area contributed by atoms with Crippen LogP contribution in [0.1, 0.15) is 19.8 Å². The summed E-state index contributed by atoms with van der Waals surface area (Å²) >= 11 is 0. The fraction of sp³-hybridized carbons (Fsp3) is 0.500. The summed E-state index contributed by atoms with van der Waals surface area (Å²) in [6.07, 6.45) is 1.52. The zero-order chi connectivity index (χ0) is 13.7. The van der Waals surface area contributed by atoms with E-state index in [0.717, 1.165) is 12.2 Å². The van der Waals surface area contributed by atoms with Crippen LogP contribution < -0.4 is 15.8 Å². The van der Waals surface area contributed by atoms with Gasteiger partial charge >= 0.3 is 0 Å². The van der Waals surface area contributed by atoms with Crippen LogP contribution in [0.5, 0.6) is 5.75 Å². The van der Waals surface area contributed by atoms with E-state index < -0.39 is 5.54 Å². The summed E-state index contributed by atoms with van der Waals surface area (Å²) < 4.78 is 10.7. The first-order chi connectivity index (χ1) is 9.14. The van der Waals surface area contributed by atoms with Gasteiger partial charge in [-0.25, -0.2) is 0 Å². The molecule has 2 rings (SSSR count). The van der Waals surface area contributed by atoms with Gasteiger partial charge in [-0.05, 0) is 37.1 Å². The Hall–Kier alpha value is -1.59. The molecule has 0 bridgehead atoms. The molecular weight excluding hydrogens is 244 g/mol. The molecule has 5 nitrogen and oxygen atoms in total. The number of carbonyl (C=O) groups excluding carboxylic acids is 1. The molecule has 0 aromatic heterocycles. The molecule has 1 atom stereocenters. The van der Waals surface area contributed by atoms with E-state index in [2.05, 4.69) is 12.2 Å². The van der Waals surface area contributed by atoms with Crippen LogP contribution in [-0.4, -0.2) is 31.3 Å². The molecule has 1 fully saturated rings. The number of anilines is 1. The Balaban J connectivity index is 1.93. The quantitative estimate of drug-likeness (QED) is 0.846. The Labute approximate surface area is 113 Å². The van der Waals surface area contributed by atoms with Gasteiger partial charge in [-0.2, -0.15) is 0 Å². The summed E-state index contributed by atoms with van der Waals surface area (Å²) in [5, 5.41) is 2.81. The van der Waals surface area contributed by atoms with Crippen molar-refractivity contribution < 1.29 is 14.3 Å². The second-order valence-corrected chi connectivity index (χ2v) is 4.79. The normalized spacial score (nSPS) is 22.2. The molecule has 104 valence electrons. The van der Waals surface area contributed by atoms with Crippen LogP contribution in [0.3, 0.4) is 0 Å². The highest BCUT2D eigenvalue weighted by atomic mass is 16.5. The molecule has 1 aliphatic rings. The minimum absolute atomic E-state index is 0.202. The minimum atomic E-state index is -0.905. The first-order valence-electron chi connectivity index (χ1n) is 6.55. The van der Waals surface area contributed by atoms with Crippen molar-refractivity contribution in [3.63, 3.8) is 0 Å². The molecule has 1 heterocycles. The van der Waals surface area contributed by atoms with E-state index in [1.165, 1.54) is 0 Å². The third kappa shape index (κ3) is 3.45. The van der Waals surface area contributed by atoms with Crippen molar-refractivity contribution in [2.45, 2.75) is 25.3 Å². The average molecular weight is 264 g/mol. The Morgan fingerprint density at radius 1 is 1.47 bits per heavy atom. The lowest BCUT2D eigenvalue weighted by atomic mass is 9.99. The van der Waals surface area contributed by atoms with Crippen LogP contribution in [-0.2, 0) is 9.53 Å². The predicted octanol–water partition coefficient (Wildman–Crippen LogP) is 1.53. The topological polar surface area (TPSA) is 73.6 Å². The third-order valence-corrected chi connectivity index (χ3v) is 3.09. The third-order valence-electron chi connectivity index (χ3n) is 3.09. The minimum Gasteiger partial charge on any atom is -0.494 e. The molecule has 0 radical (unpaired) electrons. The highest BCUT2D eigenvalue weighted by molar-refractivity contribution is 5.98. The van der Waals surface area contributed by atoms with Gasteiger partial charge in [-0.15, -0.1) is 0 Å². The molecule has 1 aliphatic heterocycles. The van der Waals surface area contributed by atoms with Crippen molar-refractivity contribution >= 4 is 11.6 Å². The van der Waals surface area contributed by atoms with E-state index in [0.29, 0.717) is 25.3 Å². The highest BCUT2D eigenvalue weighted by Gasteiger charge is 2.38. The molecule has 0 spiro atoms. The van der Waals surface area contributed by atoms with E-state index in [1.54, 1.807) is 0 Å². The van der Waals surface area contributed by atoms with Crippen LogP contribution in [0.25, 0.3) is 0 Å². The second-order valence-electron chi connectivity index (χ2n) is 4.79. The summed E-state index contributed by atoms with van der Waals surface area (Å²) in [6, 6.07) is 7.28. The maximum absolute atomic E-state index is 12.0. The Kier molecular flexibility index (Phi) is 4.39. The summed E-state index contributed by atoms with van der Waals surface area (Å²) in [6.45, 7) is 3.55. The molecule has 1 amide bonds. The molecule has 1 aromatic carbocycles. The number of ether oxygens (including phenoxy) is 2. The lowest BCUT2D eigenvalue weighted by molar-refractivity contribution is -0.121. The number of nitrogens with one attached hydrogen (secondary N) is 1. The predicted molar refractivity (Wildman–Crippen MR) is 73.2 cm³/mol. The standard InChI is InChI=1S/C14H20N2O3/c1-2-8-19-12-5-3-11(4-6-12)16-13(17)14(15)7-9-18-10-14/h3-6H,2,7-10,15H2,1H3,(H,16,17). The average Bonchev–Trinajstić information content (AvgIpc) is 2.86. The van der Waals surface area contributed by atoms with Crippen molar-refractivity contribution in [3.05, 3.63) is 24.3 Å². The summed E-state index contributed by atoms with van der Waals surface area (Å²) in [5.41, 5.74) is 5.79. The zero-order valence-electron chi connectivity index (χ0n) is 11.1. The van der Waals surface area contributed by atoms with Crippen molar-refractivity contribution in [1.82, 2.24) is 0 Å². The largest absolute Gasteiger partial charge is 0.494 e. The zero-order valence-corrected chi connectivity index (χ0v) is 11.1. The summed E-state index contributed by atoms with van der Waals surface area (Å²) in [5.74, 6) is 0.596. The van der Waals surface area contributed by atoms with Gasteiger partial charge in [0.25, 0.3) is 0 Å². The van der Waals surface area contributed by atoms with Gasteiger partial charge in [0, 0.05) is 12.3 Å². The van der Waals surface area contributed by atoms with Crippen molar-refractivity contribution in [1.29, 1.82) is 0 Å². The summed E-state index contributed by atoms with van der Waals surface area (Å²) in [4.78, 5) is 12.0. The number of rotatable bonds is 5. The molecule has 5 heteroatoms. The van der Waals surface area contributed by atoms with Crippen LogP contribution in [0.15, 0.2) is 24.3 Å². The van der Waals surface area contributed by atoms with Gasteiger partial charge < -0.3 is 20.5 Å². The van der Waals surface area contributed by atoms with Gasteiger partial charge in [-0.1, -0.05) is 6.92 Å². The molecule has 1 aromatic rings. The van der Waals surface area contributed by atoms with Crippen molar-refractivity contribution in [2.75, 3.05) is 25.1 Å². The number of hydrogen-bond donors (Lipinski definition) is 2. The monoisotopic (exact) mass is 264 g/mol. The van der Waals surface area contributed by atoms with E-state index >= 15 is 0 Å². The number of amides is 1. The Morgan fingerprint density at radius 3 is 2.79 bits per heavy atom. The lowest BCUT2D eigenvalue weighted by Crippen LogP contribution is -2.51. The molecule has 1 unspecified atom stereocenters. The molecule has 19 heavy (non-hydrogen) atoms. The number of carbonyl (C=O) groups is 1. The second kappa shape index (κ2) is 6.04. The van der Waals surface area contributed by atoms with Gasteiger partial charge in [0.2, 0.25) is 5.91 Å². The van der Waals surface area contributed by atoms with Gasteiger partial charge in [0.1, 0.15) is 11.3 Å². The SMILES string of the molecule is CCCOc1ccc(NC(=O)C2(N)CCOC2)cc1. The molecule has 0 aliphatic carbocycles. The van der Waals surface area contributed by atoms with Crippen molar-refractivity contribution in [3.8, 4) is 5.75 Å². The summed E-state index contributed by atoms with van der Waals surface area (Å²) in [7, 11) is 0. The molecule has 3 N–H and O–H groups in total. The maximum atomic E-state index is 12.0. The lowest BCUT2D eigenvalue weighted by Gasteiger charge is -2.20. The van der Waals surface area contributed by atoms with E-state index in [1.807, 2.05) is 24.3 Å². The highest BCUT2D eigenvalue weighted by Crippen LogP contribution is 2.20.